The third kappa shape index (κ3) is 4.73. The number of nitrogens with zero attached hydrogens (tertiary/aromatic N) is 4. The largest absolute Gasteiger partial charge is 0.355 e. The van der Waals surface area contributed by atoms with Crippen LogP contribution in [0.2, 0.25) is 5.02 Å². The predicted octanol–water partition coefficient (Wildman–Crippen LogP) is 3.15. The number of hydrogen-bond acceptors (Lipinski definition) is 5. The summed E-state index contributed by atoms with van der Waals surface area (Å²) in [5.74, 6) is 0.606. The Labute approximate surface area is 181 Å². The van der Waals surface area contributed by atoms with E-state index in [1.54, 1.807) is 36.8 Å². The molecule has 2 aromatic heterocycles. The van der Waals surface area contributed by atoms with Crippen LogP contribution in [0.1, 0.15) is 52.8 Å². The first kappa shape index (κ1) is 20.6. The Balaban J connectivity index is 1.34. The van der Waals surface area contributed by atoms with Gasteiger partial charge in [-0.1, -0.05) is 11.6 Å². The molecule has 8 heteroatoms. The molecule has 0 aliphatic carbocycles. The van der Waals surface area contributed by atoms with Crippen molar-refractivity contribution in [2.45, 2.75) is 38.1 Å². The molecule has 2 saturated heterocycles. The highest BCUT2D eigenvalue weighted by Crippen LogP contribution is 2.27. The number of pyridine rings is 2. The van der Waals surface area contributed by atoms with Gasteiger partial charge < -0.3 is 15.1 Å². The second-order valence-electron chi connectivity index (χ2n) is 7.86. The quantitative estimate of drug-likeness (QED) is 0.810. The zero-order valence-electron chi connectivity index (χ0n) is 16.9. The lowest BCUT2D eigenvalue weighted by Gasteiger charge is -2.33. The van der Waals surface area contributed by atoms with Gasteiger partial charge >= 0.3 is 0 Å². The maximum absolute atomic E-state index is 12.7. The van der Waals surface area contributed by atoms with Crippen LogP contribution >= 0.6 is 11.6 Å². The Kier molecular flexibility index (Phi) is 6.47. The molecule has 2 aliphatic rings. The highest BCUT2D eigenvalue weighted by atomic mass is 35.5. The summed E-state index contributed by atoms with van der Waals surface area (Å²) in [5, 5.41) is 3.57. The molecule has 2 fully saturated rings. The van der Waals surface area contributed by atoms with Crippen molar-refractivity contribution >= 4 is 29.2 Å². The van der Waals surface area contributed by atoms with E-state index in [1.807, 2.05) is 4.90 Å². The molecule has 4 rings (SSSR count). The van der Waals surface area contributed by atoms with Crippen molar-refractivity contribution in [1.82, 2.24) is 20.2 Å². The number of halogens is 1. The molecular formula is C22H26ClN5O2. The fourth-order valence-electron chi connectivity index (χ4n) is 4.06. The molecule has 7 nitrogen and oxygen atoms in total. The van der Waals surface area contributed by atoms with E-state index in [0.29, 0.717) is 22.0 Å². The lowest BCUT2D eigenvalue weighted by Crippen LogP contribution is -2.45. The Morgan fingerprint density at radius 2 is 1.80 bits per heavy atom. The van der Waals surface area contributed by atoms with E-state index in [-0.39, 0.29) is 17.9 Å². The van der Waals surface area contributed by atoms with Crippen LogP contribution < -0.4 is 10.2 Å². The van der Waals surface area contributed by atoms with Crippen LogP contribution in [0.15, 0.2) is 36.8 Å². The monoisotopic (exact) mass is 427 g/mol. The van der Waals surface area contributed by atoms with Gasteiger partial charge in [0.2, 0.25) is 0 Å². The van der Waals surface area contributed by atoms with Gasteiger partial charge in [0.15, 0.2) is 0 Å². The highest BCUT2D eigenvalue weighted by molar-refractivity contribution is 6.33. The minimum Gasteiger partial charge on any atom is -0.355 e. The normalized spacial score (nSPS) is 17.6. The second kappa shape index (κ2) is 9.43. The average Bonchev–Trinajstić information content (AvgIpc) is 2.80. The minimum absolute atomic E-state index is 0.00692. The summed E-state index contributed by atoms with van der Waals surface area (Å²) in [4.78, 5) is 37.5. The first-order valence-electron chi connectivity index (χ1n) is 10.5. The molecule has 0 unspecified atom stereocenters. The molecule has 1 N–H and O–H groups in total. The number of nitrogens with one attached hydrogen (secondary N) is 1. The number of likely N-dealkylation sites (tertiary alicyclic amines) is 1. The van der Waals surface area contributed by atoms with Gasteiger partial charge in [0.1, 0.15) is 5.82 Å². The number of aromatic nitrogens is 2. The molecule has 158 valence electrons. The summed E-state index contributed by atoms with van der Waals surface area (Å²) in [5.41, 5.74) is 1.11. The number of hydrogen-bond donors (Lipinski definition) is 1. The van der Waals surface area contributed by atoms with Crippen LogP contribution in [0, 0.1) is 0 Å². The van der Waals surface area contributed by atoms with Crippen LogP contribution in [-0.2, 0) is 0 Å². The van der Waals surface area contributed by atoms with E-state index in [1.165, 1.54) is 6.42 Å². The lowest BCUT2D eigenvalue weighted by atomic mass is 10.0. The van der Waals surface area contributed by atoms with E-state index in [9.17, 15) is 9.59 Å². The molecule has 4 heterocycles. The average molecular weight is 428 g/mol. The van der Waals surface area contributed by atoms with Crippen molar-refractivity contribution in [2.75, 3.05) is 31.1 Å². The highest BCUT2D eigenvalue weighted by Gasteiger charge is 2.25. The Hall–Kier alpha value is -2.67. The van der Waals surface area contributed by atoms with E-state index in [4.69, 9.17) is 11.6 Å². The standard InChI is InChI=1S/C22H26ClN5O2/c23-19-13-17(22(30)28-9-2-1-3-10-28)15-25-20(19)27-11-6-18(7-12-27)26-21(29)16-5-4-8-24-14-16/h4-5,8,13-15,18H,1-3,6-7,9-12H2,(H,26,29). The maximum Gasteiger partial charge on any atom is 0.255 e. The molecule has 0 aromatic carbocycles. The fourth-order valence-corrected chi connectivity index (χ4v) is 4.35. The zero-order valence-corrected chi connectivity index (χ0v) is 17.6. The van der Waals surface area contributed by atoms with Crippen molar-refractivity contribution in [3.63, 3.8) is 0 Å². The minimum atomic E-state index is -0.0988. The van der Waals surface area contributed by atoms with Gasteiger partial charge in [-0.05, 0) is 50.3 Å². The lowest BCUT2D eigenvalue weighted by molar-refractivity contribution is 0.0723. The third-order valence-corrected chi connectivity index (χ3v) is 6.04. The van der Waals surface area contributed by atoms with E-state index < -0.39 is 0 Å². The molecule has 0 bridgehead atoms. The van der Waals surface area contributed by atoms with Gasteiger partial charge in [0.05, 0.1) is 16.1 Å². The SMILES string of the molecule is O=C(NC1CCN(c2ncc(C(=O)N3CCCCC3)cc2Cl)CC1)c1cccnc1. The van der Waals surface area contributed by atoms with Crippen LogP contribution in [0.25, 0.3) is 0 Å². The summed E-state index contributed by atoms with van der Waals surface area (Å²) < 4.78 is 0. The second-order valence-corrected chi connectivity index (χ2v) is 8.27. The van der Waals surface area contributed by atoms with Crippen LogP contribution in [0.3, 0.4) is 0 Å². The van der Waals surface area contributed by atoms with Crippen molar-refractivity contribution < 1.29 is 9.59 Å². The Bertz CT molecular complexity index is 894. The zero-order chi connectivity index (χ0) is 20.9. The topological polar surface area (TPSA) is 78.4 Å². The third-order valence-electron chi connectivity index (χ3n) is 5.77. The molecule has 2 aliphatic heterocycles. The Morgan fingerprint density at radius 3 is 2.47 bits per heavy atom. The first-order valence-corrected chi connectivity index (χ1v) is 10.9. The maximum atomic E-state index is 12.7. The fraction of sp³-hybridized carbons (Fsp3) is 0.455. The smallest absolute Gasteiger partial charge is 0.255 e. The molecular weight excluding hydrogens is 402 g/mol. The molecule has 0 saturated carbocycles. The van der Waals surface area contributed by atoms with E-state index >= 15 is 0 Å². The van der Waals surface area contributed by atoms with Gasteiger partial charge in [0.25, 0.3) is 11.8 Å². The summed E-state index contributed by atoms with van der Waals surface area (Å²) in [7, 11) is 0. The predicted molar refractivity (Wildman–Crippen MR) is 116 cm³/mol. The van der Waals surface area contributed by atoms with Crippen LogP contribution in [0.5, 0.6) is 0 Å². The molecule has 0 radical (unpaired) electrons. The van der Waals surface area contributed by atoms with Crippen molar-refractivity contribution in [1.29, 1.82) is 0 Å². The number of rotatable bonds is 4. The van der Waals surface area contributed by atoms with Gasteiger partial charge in [-0.2, -0.15) is 0 Å². The van der Waals surface area contributed by atoms with Crippen LogP contribution in [-0.4, -0.2) is 58.9 Å². The van der Waals surface area contributed by atoms with Crippen LogP contribution in [0.4, 0.5) is 5.82 Å². The molecule has 0 atom stereocenters. The molecule has 30 heavy (non-hydrogen) atoms. The summed E-state index contributed by atoms with van der Waals surface area (Å²) in [6.07, 6.45) is 9.75. The Morgan fingerprint density at radius 1 is 1.03 bits per heavy atom. The number of carbonyl (C=O) groups excluding carboxylic acids is 2. The van der Waals surface area contributed by atoms with Gasteiger partial charge in [-0.25, -0.2) is 4.98 Å². The molecule has 2 aromatic rings. The van der Waals surface area contributed by atoms with Crippen molar-refractivity contribution in [3.8, 4) is 0 Å². The number of carbonyl (C=O) groups is 2. The number of anilines is 1. The number of piperidine rings is 2. The molecule has 0 spiro atoms. The summed E-state index contributed by atoms with van der Waals surface area (Å²) in [6, 6.07) is 5.35. The van der Waals surface area contributed by atoms with E-state index in [0.717, 1.165) is 51.9 Å². The van der Waals surface area contributed by atoms with Gasteiger partial charge in [0, 0.05) is 50.8 Å². The summed E-state index contributed by atoms with van der Waals surface area (Å²) >= 11 is 6.49. The van der Waals surface area contributed by atoms with E-state index in [2.05, 4.69) is 20.2 Å². The molecule has 2 amide bonds. The summed E-state index contributed by atoms with van der Waals surface area (Å²) in [6.45, 7) is 3.08. The first-order chi connectivity index (χ1) is 14.6. The van der Waals surface area contributed by atoms with Crippen molar-refractivity contribution in [2.24, 2.45) is 0 Å². The van der Waals surface area contributed by atoms with Gasteiger partial charge in [-0.3, -0.25) is 14.6 Å². The number of amides is 2. The van der Waals surface area contributed by atoms with Crippen molar-refractivity contribution in [3.05, 3.63) is 52.9 Å². The van der Waals surface area contributed by atoms with Gasteiger partial charge in [-0.15, -0.1) is 0 Å².